The van der Waals surface area contributed by atoms with Gasteiger partial charge < -0.3 is 9.47 Å². The Morgan fingerprint density at radius 2 is 1.70 bits per heavy atom. The summed E-state index contributed by atoms with van der Waals surface area (Å²) in [6.07, 6.45) is -6.13. The largest absolute Gasteiger partial charge is 0.496 e. The summed E-state index contributed by atoms with van der Waals surface area (Å²) < 4.78 is 66.7. The van der Waals surface area contributed by atoms with Crippen LogP contribution >= 0.6 is 0 Å². The van der Waals surface area contributed by atoms with Crippen molar-refractivity contribution >= 4 is 11.9 Å². The number of ketones is 1. The minimum Gasteiger partial charge on any atom is -0.496 e. The van der Waals surface area contributed by atoms with Gasteiger partial charge >= 0.3 is 12.3 Å². The van der Waals surface area contributed by atoms with Gasteiger partial charge in [-0.2, -0.15) is 13.2 Å². The monoisotopic (exact) mass is 591 g/mol. The first-order chi connectivity index (χ1) is 20.4. The average Bonchev–Trinajstić information content (AvgIpc) is 3.24. The highest BCUT2D eigenvalue weighted by Gasteiger charge is 2.40. The van der Waals surface area contributed by atoms with Crippen LogP contribution in [0, 0.1) is 12.7 Å². The second kappa shape index (κ2) is 11.6. The Labute approximate surface area is 246 Å². The van der Waals surface area contributed by atoms with Crippen LogP contribution in [-0.2, 0) is 17.5 Å². The molecule has 1 heterocycles. The molecule has 4 aromatic carbocycles. The van der Waals surface area contributed by atoms with Gasteiger partial charge in [-0.15, -0.1) is 0 Å². The number of alkyl halides is 3. The van der Waals surface area contributed by atoms with E-state index >= 15 is 0 Å². The number of carbonyl (C=O) groups excluding carboxylic acids is 2. The van der Waals surface area contributed by atoms with Crippen LogP contribution < -0.4 is 4.74 Å². The van der Waals surface area contributed by atoms with E-state index in [4.69, 9.17) is 9.47 Å². The molecule has 222 valence electrons. The van der Waals surface area contributed by atoms with E-state index in [1.165, 1.54) is 43.2 Å². The fourth-order valence-electron chi connectivity index (χ4n) is 5.48. The van der Waals surface area contributed by atoms with E-state index in [9.17, 15) is 27.2 Å². The number of hydrogen-bond donors (Lipinski definition) is 0. The first-order valence-corrected chi connectivity index (χ1v) is 13.6. The molecule has 0 aliphatic carbocycles. The van der Waals surface area contributed by atoms with Gasteiger partial charge in [0, 0.05) is 11.1 Å². The quantitative estimate of drug-likeness (QED) is 0.159. The standard InChI is InChI=1S/C34H29F4NO4/c1-19-14-22(21(3)40)8-11-28(19)23-9-13-31(42-4)30(17-23)29-12-10-26(34(36,37)38)15-25(29)18-39-20(2)32(43-33(39)41)24-6-5-7-27(35)16-24/h5-17,20,32H,18H2,1-4H3/t20-,32-/m0/s1. The summed E-state index contributed by atoms with van der Waals surface area (Å²) in [5.41, 5.74) is 3.84. The highest BCUT2D eigenvalue weighted by atomic mass is 19.4. The maximum Gasteiger partial charge on any atom is 0.416 e. The van der Waals surface area contributed by atoms with Crippen LogP contribution in [0.25, 0.3) is 22.3 Å². The number of ether oxygens (including phenoxy) is 2. The zero-order valence-corrected chi connectivity index (χ0v) is 24.0. The molecule has 0 saturated carbocycles. The Morgan fingerprint density at radius 1 is 0.953 bits per heavy atom. The molecule has 0 bridgehead atoms. The second-order valence-electron chi connectivity index (χ2n) is 10.6. The number of Topliss-reactive ketones (excluding diaryl/α,β-unsaturated/α-hetero) is 1. The second-order valence-corrected chi connectivity index (χ2v) is 10.6. The van der Waals surface area contributed by atoms with E-state index in [-0.39, 0.29) is 17.9 Å². The van der Waals surface area contributed by atoms with Gasteiger partial charge in [-0.25, -0.2) is 9.18 Å². The van der Waals surface area contributed by atoms with E-state index in [2.05, 4.69) is 0 Å². The van der Waals surface area contributed by atoms with E-state index in [0.29, 0.717) is 28.0 Å². The van der Waals surface area contributed by atoms with E-state index < -0.39 is 35.8 Å². The third-order valence-corrected chi connectivity index (χ3v) is 7.78. The van der Waals surface area contributed by atoms with Crippen molar-refractivity contribution in [3.05, 3.63) is 112 Å². The van der Waals surface area contributed by atoms with Crippen molar-refractivity contribution in [2.75, 3.05) is 7.11 Å². The number of halogens is 4. The number of benzene rings is 4. The van der Waals surface area contributed by atoms with Crippen LogP contribution in [0.3, 0.4) is 0 Å². The maximum atomic E-state index is 13.9. The van der Waals surface area contributed by atoms with Crippen molar-refractivity contribution in [1.29, 1.82) is 0 Å². The molecule has 1 aliphatic heterocycles. The molecule has 0 aromatic heterocycles. The summed E-state index contributed by atoms with van der Waals surface area (Å²) >= 11 is 0. The Kier molecular flexibility index (Phi) is 8.01. The SMILES string of the molecule is COc1ccc(-c2ccc(C(C)=O)cc2C)cc1-c1ccc(C(F)(F)F)cc1CN1C(=O)O[C@H](c2cccc(F)c2)[C@@H]1C. The number of aryl methyl sites for hydroxylation is 1. The number of methoxy groups -OCH3 is 1. The van der Waals surface area contributed by atoms with Crippen molar-refractivity contribution < 1.29 is 36.6 Å². The van der Waals surface area contributed by atoms with E-state index in [1.807, 2.05) is 25.1 Å². The van der Waals surface area contributed by atoms with E-state index in [0.717, 1.165) is 28.8 Å². The molecule has 1 amide bonds. The van der Waals surface area contributed by atoms with Crippen molar-refractivity contribution in [3.63, 3.8) is 0 Å². The van der Waals surface area contributed by atoms with Crippen LogP contribution in [0.1, 0.15) is 52.6 Å². The maximum absolute atomic E-state index is 13.9. The zero-order valence-electron chi connectivity index (χ0n) is 24.0. The molecule has 5 nitrogen and oxygen atoms in total. The lowest BCUT2D eigenvalue weighted by atomic mass is 9.91. The molecule has 4 aromatic rings. The van der Waals surface area contributed by atoms with Crippen LogP contribution in [-0.4, -0.2) is 29.9 Å². The lowest BCUT2D eigenvalue weighted by Crippen LogP contribution is -2.31. The molecule has 1 saturated heterocycles. The molecule has 0 N–H and O–H groups in total. The molecule has 0 spiro atoms. The van der Waals surface area contributed by atoms with Crippen LogP contribution in [0.15, 0.2) is 78.9 Å². The molecule has 1 aliphatic rings. The Morgan fingerprint density at radius 3 is 2.35 bits per heavy atom. The van der Waals surface area contributed by atoms with Gasteiger partial charge in [-0.3, -0.25) is 9.69 Å². The summed E-state index contributed by atoms with van der Waals surface area (Å²) in [4.78, 5) is 26.2. The number of amides is 1. The number of rotatable bonds is 7. The van der Waals surface area contributed by atoms with Crippen molar-refractivity contribution in [2.45, 2.75) is 45.6 Å². The van der Waals surface area contributed by atoms with Gasteiger partial charge in [0.05, 0.1) is 25.3 Å². The normalized spacial score (nSPS) is 16.7. The molecule has 5 rings (SSSR count). The first-order valence-electron chi connectivity index (χ1n) is 13.6. The summed E-state index contributed by atoms with van der Waals surface area (Å²) in [5.74, 6) is -0.122. The first kappa shape index (κ1) is 29.8. The highest BCUT2D eigenvalue weighted by Crippen LogP contribution is 2.41. The average molecular weight is 592 g/mol. The van der Waals surface area contributed by atoms with Crippen molar-refractivity contribution in [1.82, 2.24) is 4.90 Å². The zero-order chi connectivity index (χ0) is 31.1. The van der Waals surface area contributed by atoms with Crippen LogP contribution in [0.2, 0.25) is 0 Å². The molecule has 2 atom stereocenters. The fraction of sp³-hybridized carbons (Fsp3) is 0.235. The van der Waals surface area contributed by atoms with Gasteiger partial charge in [-0.05, 0) is 96.6 Å². The molecule has 9 heteroatoms. The van der Waals surface area contributed by atoms with Gasteiger partial charge in [0.2, 0.25) is 0 Å². The lowest BCUT2D eigenvalue weighted by molar-refractivity contribution is -0.137. The van der Waals surface area contributed by atoms with Gasteiger partial charge in [0.25, 0.3) is 0 Å². The summed E-state index contributed by atoms with van der Waals surface area (Å²) in [7, 11) is 1.47. The molecule has 0 unspecified atom stereocenters. The molecular weight excluding hydrogens is 562 g/mol. The van der Waals surface area contributed by atoms with E-state index in [1.54, 1.807) is 31.2 Å². The minimum atomic E-state index is -4.62. The lowest BCUT2D eigenvalue weighted by Gasteiger charge is -2.24. The third kappa shape index (κ3) is 5.98. The van der Waals surface area contributed by atoms with Crippen LogP contribution in [0.4, 0.5) is 22.4 Å². The van der Waals surface area contributed by atoms with Crippen molar-refractivity contribution in [2.24, 2.45) is 0 Å². The number of carbonyl (C=O) groups is 2. The van der Waals surface area contributed by atoms with Gasteiger partial charge in [0.1, 0.15) is 17.7 Å². The summed E-state index contributed by atoms with van der Waals surface area (Å²) in [6.45, 7) is 4.89. The molecule has 0 radical (unpaired) electrons. The molecular formula is C34H29F4NO4. The number of hydrogen-bond acceptors (Lipinski definition) is 4. The minimum absolute atomic E-state index is 0.0613. The third-order valence-electron chi connectivity index (χ3n) is 7.78. The number of nitrogens with zero attached hydrogens (tertiary/aromatic N) is 1. The van der Waals surface area contributed by atoms with Gasteiger partial charge in [0.15, 0.2) is 5.78 Å². The number of cyclic esters (lactones) is 1. The van der Waals surface area contributed by atoms with Crippen molar-refractivity contribution in [3.8, 4) is 28.0 Å². The molecule has 1 fully saturated rings. The highest BCUT2D eigenvalue weighted by molar-refractivity contribution is 5.95. The Hall–Kier alpha value is -4.66. The topological polar surface area (TPSA) is 55.8 Å². The Balaban J connectivity index is 1.59. The van der Waals surface area contributed by atoms with Gasteiger partial charge in [-0.1, -0.05) is 36.4 Å². The fourth-order valence-corrected chi connectivity index (χ4v) is 5.48. The molecule has 43 heavy (non-hydrogen) atoms. The summed E-state index contributed by atoms with van der Waals surface area (Å²) in [6, 6.07) is 19.3. The predicted octanol–water partition coefficient (Wildman–Crippen LogP) is 8.78. The summed E-state index contributed by atoms with van der Waals surface area (Å²) in [5, 5.41) is 0. The predicted molar refractivity (Wildman–Crippen MR) is 154 cm³/mol. The Bertz CT molecular complexity index is 1720. The smallest absolute Gasteiger partial charge is 0.416 e. The van der Waals surface area contributed by atoms with Crippen LogP contribution in [0.5, 0.6) is 5.75 Å².